The van der Waals surface area contributed by atoms with Gasteiger partial charge >= 0.3 is 0 Å². The van der Waals surface area contributed by atoms with E-state index in [-0.39, 0.29) is 28.5 Å². The van der Waals surface area contributed by atoms with Crippen molar-refractivity contribution in [2.24, 2.45) is 7.05 Å². The Bertz CT molecular complexity index is 1180. The molecule has 0 aliphatic carbocycles. The zero-order chi connectivity index (χ0) is 20.4. The number of carbonyl (C=O) groups excluding carboxylic acids is 1. The summed E-state index contributed by atoms with van der Waals surface area (Å²) in [6, 6.07) is 20.1. The van der Waals surface area contributed by atoms with Crippen molar-refractivity contribution in [3.8, 4) is 0 Å². The zero-order valence-corrected chi connectivity index (χ0v) is 17.0. The number of Topliss-reactive ketones (excluding diaryl/α,β-unsaturated/α-hetero) is 1. The van der Waals surface area contributed by atoms with Gasteiger partial charge in [0.25, 0.3) is 10.0 Å². The highest BCUT2D eigenvalue weighted by Crippen LogP contribution is 2.33. The number of allylic oxidation sites excluding steroid dienone is 1. The van der Waals surface area contributed by atoms with E-state index in [0.29, 0.717) is 6.42 Å². The number of hydrogen-bond donors (Lipinski definition) is 0. The lowest BCUT2D eigenvalue weighted by atomic mass is 10.1. The fourth-order valence-electron chi connectivity index (χ4n) is 3.59. The standard InChI is InChI=1S/C23H22N2O3S/c1-24-15-8-12-19(24)17-21-23(26)20-13-5-6-14-22(20)29(27,28)25(21)16-7-11-18-9-3-2-4-10-18/h2-6,8-10,12-15,17H,7,11,16H2,1H3. The number of sulfonamides is 1. The molecule has 29 heavy (non-hydrogen) atoms. The van der Waals surface area contributed by atoms with E-state index in [2.05, 4.69) is 0 Å². The topological polar surface area (TPSA) is 59.4 Å². The quantitative estimate of drug-likeness (QED) is 0.604. The normalized spacial score (nSPS) is 16.8. The molecule has 148 valence electrons. The van der Waals surface area contributed by atoms with Gasteiger partial charge in [-0.1, -0.05) is 42.5 Å². The molecule has 1 aromatic heterocycles. The van der Waals surface area contributed by atoms with Crippen LogP contribution >= 0.6 is 0 Å². The molecule has 2 heterocycles. The van der Waals surface area contributed by atoms with E-state index in [0.717, 1.165) is 17.7 Å². The van der Waals surface area contributed by atoms with Gasteiger partial charge in [-0.05, 0) is 48.7 Å². The first kappa shape index (κ1) is 19.2. The molecule has 0 fully saturated rings. The first-order valence-corrected chi connectivity index (χ1v) is 11.0. The molecule has 0 bridgehead atoms. The number of aryl methyl sites for hydroxylation is 2. The molecule has 6 heteroatoms. The second kappa shape index (κ2) is 7.72. The lowest BCUT2D eigenvalue weighted by molar-refractivity contribution is 0.100. The minimum Gasteiger partial charge on any atom is -0.351 e. The fraction of sp³-hybridized carbons (Fsp3) is 0.174. The van der Waals surface area contributed by atoms with E-state index in [4.69, 9.17) is 0 Å². The molecule has 0 spiro atoms. The van der Waals surface area contributed by atoms with Crippen LogP contribution in [0.4, 0.5) is 0 Å². The summed E-state index contributed by atoms with van der Waals surface area (Å²) in [7, 11) is -1.94. The highest BCUT2D eigenvalue weighted by Gasteiger charge is 2.38. The Morgan fingerprint density at radius 3 is 2.38 bits per heavy atom. The predicted octanol–water partition coefficient (Wildman–Crippen LogP) is 3.89. The SMILES string of the molecule is Cn1cccc1C=C1C(=O)c2ccccc2S(=O)(=O)N1CCCc1ccccc1. The molecule has 0 unspecified atom stereocenters. The molecule has 0 amide bonds. The van der Waals surface area contributed by atoms with Crippen molar-refractivity contribution in [2.75, 3.05) is 6.54 Å². The maximum Gasteiger partial charge on any atom is 0.265 e. The van der Waals surface area contributed by atoms with Gasteiger partial charge in [-0.3, -0.25) is 9.10 Å². The lowest BCUT2D eigenvalue weighted by Gasteiger charge is -2.31. The van der Waals surface area contributed by atoms with E-state index in [1.165, 1.54) is 10.4 Å². The predicted molar refractivity (Wildman–Crippen MR) is 113 cm³/mol. The van der Waals surface area contributed by atoms with Gasteiger partial charge in [0.1, 0.15) is 5.70 Å². The van der Waals surface area contributed by atoms with Gasteiger partial charge in [-0.2, -0.15) is 0 Å². The van der Waals surface area contributed by atoms with Crippen molar-refractivity contribution in [1.82, 2.24) is 8.87 Å². The Morgan fingerprint density at radius 1 is 0.931 bits per heavy atom. The van der Waals surface area contributed by atoms with Crippen molar-refractivity contribution >= 4 is 21.9 Å². The molecule has 5 nitrogen and oxygen atoms in total. The molecule has 1 aliphatic heterocycles. The van der Waals surface area contributed by atoms with Crippen LogP contribution in [0.2, 0.25) is 0 Å². The van der Waals surface area contributed by atoms with Crippen LogP contribution < -0.4 is 0 Å². The average Bonchev–Trinajstić information content (AvgIpc) is 3.13. The van der Waals surface area contributed by atoms with Crippen molar-refractivity contribution in [1.29, 1.82) is 0 Å². The van der Waals surface area contributed by atoms with Crippen LogP contribution in [0.15, 0.2) is 83.5 Å². The van der Waals surface area contributed by atoms with Crippen molar-refractivity contribution in [3.63, 3.8) is 0 Å². The van der Waals surface area contributed by atoms with Gasteiger partial charge in [-0.15, -0.1) is 0 Å². The largest absolute Gasteiger partial charge is 0.351 e. The van der Waals surface area contributed by atoms with Crippen molar-refractivity contribution < 1.29 is 13.2 Å². The van der Waals surface area contributed by atoms with Crippen LogP contribution in [0, 0.1) is 0 Å². The monoisotopic (exact) mass is 406 g/mol. The van der Waals surface area contributed by atoms with E-state index >= 15 is 0 Å². The number of ketones is 1. The third-order valence-corrected chi connectivity index (χ3v) is 7.01. The molecule has 0 saturated carbocycles. The minimum atomic E-state index is -3.80. The summed E-state index contributed by atoms with van der Waals surface area (Å²) < 4.78 is 29.8. The van der Waals surface area contributed by atoms with Crippen LogP contribution in [0.3, 0.4) is 0 Å². The van der Waals surface area contributed by atoms with Gasteiger partial charge in [-0.25, -0.2) is 8.42 Å². The molecule has 0 N–H and O–H groups in total. The molecule has 3 aromatic rings. The molecular weight excluding hydrogens is 384 g/mol. The number of benzene rings is 2. The van der Waals surface area contributed by atoms with Gasteiger partial charge < -0.3 is 4.57 Å². The third kappa shape index (κ3) is 3.63. The van der Waals surface area contributed by atoms with Crippen LogP contribution in [0.1, 0.15) is 28.0 Å². The third-order valence-electron chi connectivity index (χ3n) is 5.14. The number of aromatic nitrogens is 1. The average molecular weight is 407 g/mol. The van der Waals surface area contributed by atoms with Gasteiger partial charge in [0.05, 0.1) is 4.90 Å². The summed E-state index contributed by atoms with van der Waals surface area (Å²) >= 11 is 0. The van der Waals surface area contributed by atoms with Crippen molar-refractivity contribution in [3.05, 3.63) is 95.4 Å². The summed E-state index contributed by atoms with van der Waals surface area (Å²) in [5.41, 5.74) is 2.34. The second-order valence-corrected chi connectivity index (χ2v) is 8.90. The van der Waals surface area contributed by atoms with E-state index < -0.39 is 10.0 Å². The smallest absolute Gasteiger partial charge is 0.265 e. The molecule has 0 radical (unpaired) electrons. The van der Waals surface area contributed by atoms with Crippen LogP contribution in [0.25, 0.3) is 6.08 Å². The summed E-state index contributed by atoms with van der Waals surface area (Å²) in [4.78, 5) is 13.3. The van der Waals surface area contributed by atoms with Gasteiger partial charge in [0.2, 0.25) is 5.78 Å². The summed E-state index contributed by atoms with van der Waals surface area (Å²) in [6.45, 7) is 0.244. The van der Waals surface area contributed by atoms with Crippen LogP contribution in [-0.4, -0.2) is 29.6 Å². The summed E-state index contributed by atoms with van der Waals surface area (Å²) in [5.74, 6) is -0.267. The molecule has 1 aliphatic rings. The summed E-state index contributed by atoms with van der Waals surface area (Å²) in [6.07, 6.45) is 4.88. The number of rotatable bonds is 5. The van der Waals surface area contributed by atoms with Crippen molar-refractivity contribution in [2.45, 2.75) is 17.7 Å². The Kier molecular flexibility index (Phi) is 5.11. The Balaban J connectivity index is 1.73. The first-order chi connectivity index (χ1) is 14.0. The first-order valence-electron chi connectivity index (χ1n) is 9.52. The maximum absolute atomic E-state index is 13.3. The number of hydrogen-bond acceptors (Lipinski definition) is 3. The van der Waals surface area contributed by atoms with Crippen LogP contribution in [-0.2, 0) is 23.5 Å². The minimum absolute atomic E-state index is 0.0775. The zero-order valence-electron chi connectivity index (χ0n) is 16.2. The molecular formula is C23H22N2O3S. The van der Waals surface area contributed by atoms with Crippen LogP contribution in [0.5, 0.6) is 0 Å². The van der Waals surface area contributed by atoms with E-state index in [1.54, 1.807) is 24.3 Å². The van der Waals surface area contributed by atoms with E-state index in [1.807, 2.05) is 60.3 Å². The second-order valence-electron chi connectivity index (χ2n) is 7.07. The molecule has 4 rings (SSSR count). The fourth-order valence-corrected chi connectivity index (χ4v) is 5.28. The number of fused-ring (bicyclic) bond motifs is 1. The number of carbonyl (C=O) groups is 1. The molecule has 0 saturated heterocycles. The molecule has 2 aromatic carbocycles. The highest BCUT2D eigenvalue weighted by atomic mass is 32.2. The summed E-state index contributed by atoms with van der Waals surface area (Å²) in [5, 5.41) is 0. The Morgan fingerprint density at radius 2 is 1.66 bits per heavy atom. The maximum atomic E-state index is 13.3. The number of nitrogens with zero attached hydrogens (tertiary/aromatic N) is 2. The van der Waals surface area contributed by atoms with E-state index in [9.17, 15) is 13.2 Å². The highest BCUT2D eigenvalue weighted by molar-refractivity contribution is 7.89. The molecule has 0 atom stereocenters. The van der Waals surface area contributed by atoms with Gasteiger partial charge in [0.15, 0.2) is 0 Å². The lowest BCUT2D eigenvalue weighted by Crippen LogP contribution is -2.39. The Hall–Kier alpha value is -3.12. The van der Waals surface area contributed by atoms with Gasteiger partial charge in [0, 0.05) is 31.0 Å². The Labute approximate surface area is 171 Å².